The summed E-state index contributed by atoms with van der Waals surface area (Å²) in [5.74, 6) is 1.96. The number of nitrogens with zero attached hydrogens (tertiary/aromatic N) is 10. The molecule has 680 valence electrons. The molecule has 25 aromatic rings. The van der Waals surface area contributed by atoms with Crippen LogP contribution >= 0.6 is 0 Å². The Balaban J connectivity index is 0.0000000923. The third-order valence-electron chi connectivity index (χ3n) is 28.0. The molecule has 0 amide bonds. The molecule has 30 rings (SSSR count). The van der Waals surface area contributed by atoms with Gasteiger partial charge in [0.05, 0.1) is 68.4 Å². The van der Waals surface area contributed by atoms with Gasteiger partial charge in [-0.05, 0) is 265 Å². The number of fused-ring (bicyclic) bond motifs is 10. The van der Waals surface area contributed by atoms with E-state index in [2.05, 4.69) is 521 Å². The van der Waals surface area contributed by atoms with Gasteiger partial charge >= 0.3 is 0 Å². The highest BCUT2D eigenvalue weighted by Crippen LogP contribution is 2.58. The number of pyridine rings is 5. The molecule has 0 unspecified atom stereocenters. The molecular weight excluding hydrogens is 1760 g/mol. The number of hydrogen-bond acceptors (Lipinski definition) is 10. The monoisotopic (exact) mass is 1850 g/mol. The van der Waals surface area contributed by atoms with Gasteiger partial charge in [0.25, 0.3) is 0 Å². The first kappa shape index (κ1) is 85.8. The summed E-state index contributed by atoms with van der Waals surface area (Å²) < 4.78 is 0. The maximum absolute atomic E-state index is 5.02. The minimum Gasteiger partial charge on any atom is -0.309 e. The Hall–Kier alpha value is -19.6. The maximum Gasteiger partial charge on any atom is 0.146 e. The molecule has 20 aromatic carbocycles. The Bertz CT molecular complexity index is 7950. The molecule has 145 heavy (non-hydrogen) atoms. The Morgan fingerprint density at radius 3 is 0.952 bits per heavy atom. The van der Waals surface area contributed by atoms with Gasteiger partial charge in [-0.15, -0.1) is 0 Å². The van der Waals surface area contributed by atoms with Gasteiger partial charge < -0.3 is 14.7 Å². The first-order valence-electron chi connectivity index (χ1n) is 49.1. The largest absolute Gasteiger partial charge is 0.309 e. The second-order valence-corrected chi connectivity index (χ2v) is 36.5. The lowest BCUT2D eigenvalue weighted by Gasteiger charge is -2.33. The smallest absolute Gasteiger partial charge is 0.146 e. The molecule has 0 N–H and O–H groups in total. The molecule has 0 spiro atoms. The summed E-state index contributed by atoms with van der Waals surface area (Å²) >= 11 is 0. The molecule has 0 fully saturated rings. The molecule has 5 aromatic heterocycles. The van der Waals surface area contributed by atoms with Crippen LogP contribution in [-0.2, 0) is 0 Å². The maximum atomic E-state index is 5.02. The Kier molecular flexibility index (Phi) is 22.1. The number of para-hydroxylation sites is 9. The number of benzene rings is 20. The zero-order chi connectivity index (χ0) is 96.0. The molecular formula is C135H90N10. The van der Waals surface area contributed by atoms with Gasteiger partial charge in [-0.3, -0.25) is 19.8 Å². The summed E-state index contributed by atoms with van der Waals surface area (Å²) in [6, 6.07) is 182. The van der Waals surface area contributed by atoms with Gasteiger partial charge in [-0.25, -0.2) is 15.0 Å². The highest BCUT2D eigenvalue weighted by Gasteiger charge is 2.34. The van der Waals surface area contributed by atoms with Gasteiger partial charge in [0.15, 0.2) is 0 Å². The molecule has 0 saturated carbocycles. The van der Waals surface area contributed by atoms with Gasteiger partial charge in [0, 0.05) is 119 Å². The molecule has 0 atom stereocenters. The van der Waals surface area contributed by atoms with Crippen LogP contribution in [0.4, 0.5) is 85.6 Å². The van der Waals surface area contributed by atoms with Crippen molar-refractivity contribution >= 4 is 140 Å². The fraction of sp³-hybridized carbons (Fsp3) is 0. The van der Waals surface area contributed by atoms with Crippen LogP contribution < -0.4 is 24.5 Å². The van der Waals surface area contributed by atoms with Crippen molar-refractivity contribution in [3.8, 4) is 111 Å². The second-order valence-electron chi connectivity index (χ2n) is 36.5. The lowest BCUT2D eigenvalue weighted by atomic mass is 9.89. The van der Waals surface area contributed by atoms with E-state index >= 15 is 0 Å². The molecule has 0 saturated heterocycles. The van der Waals surface area contributed by atoms with Crippen molar-refractivity contribution in [2.75, 3.05) is 24.5 Å². The molecule has 0 bridgehead atoms. The van der Waals surface area contributed by atoms with E-state index in [1.54, 1.807) is 0 Å². The third-order valence-corrected chi connectivity index (χ3v) is 28.0. The summed E-state index contributed by atoms with van der Waals surface area (Å²) in [5.41, 5.74) is 41.4. The van der Waals surface area contributed by atoms with Crippen LogP contribution in [0.5, 0.6) is 0 Å². The zero-order valence-corrected chi connectivity index (χ0v) is 78.9. The topological polar surface area (TPSA) is 80.7 Å². The molecule has 5 aliphatic rings. The zero-order valence-electron chi connectivity index (χ0n) is 78.9. The molecule has 10 heteroatoms. The van der Waals surface area contributed by atoms with E-state index in [4.69, 9.17) is 19.9 Å². The van der Waals surface area contributed by atoms with Crippen LogP contribution in [0.25, 0.3) is 166 Å². The highest BCUT2D eigenvalue weighted by atomic mass is 15.2. The van der Waals surface area contributed by atoms with E-state index in [1.807, 2.05) is 55.2 Å². The molecule has 0 radical (unpaired) electrons. The molecule has 5 aliphatic heterocycles. The molecule has 10 heterocycles. The quantitative estimate of drug-likeness (QED) is 0.132. The van der Waals surface area contributed by atoms with Crippen molar-refractivity contribution in [3.05, 3.63) is 547 Å². The predicted octanol–water partition coefficient (Wildman–Crippen LogP) is 36.8. The summed E-state index contributed by atoms with van der Waals surface area (Å²) in [7, 11) is 0. The number of rotatable bonds is 10. The first-order valence-corrected chi connectivity index (χ1v) is 49.1. The summed E-state index contributed by atoms with van der Waals surface area (Å²) in [6.45, 7) is 0. The van der Waals surface area contributed by atoms with Gasteiger partial charge in [0.2, 0.25) is 0 Å². The normalized spacial score (nSPS) is 12.1. The van der Waals surface area contributed by atoms with E-state index in [9.17, 15) is 0 Å². The van der Waals surface area contributed by atoms with Gasteiger partial charge in [-0.2, -0.15) is 0 Å². The Labute approximate surface area is 841 Å². The van der Waals surface area contributed by atoms with Crippen LogP contribution in [0.2, 0.25) is 0 Å². The number of hydrogen-bond donors (Lipinski definition) is 0. The standard InChI is InChI=1S/5C27H18N2/c1-3-9-19(10-4-1)21-17-20-11-7-15-25-26(20)24(18-21)23-14-8-16-28-27(23)29(25)22-12-5-2-6-13-22;1-3-10-19(11-4-1)24-18-22-21-14-7-8-16-25(21)29(20-12-5-2-6-13-20)26-17-9-15-23(28-24)27(22)26;1-3-9-19(10-4-1)20-15-21-17-28-18-26-27(21)24(16-20)23-13-7-8-14-25(23)29(26)22-11-5-2-6-12-22;1-3-9-19(10-4-1)20-17-23-22-13-7-8-14-25(22)29(21-11-5-2-6-12-21)26-15-16-28-24(18-20)27(23)26;1-3-9-19(10-4-1)21-17-20-15-16-28-27-26(20)24(18-21)23-13-7-8-14-25(23)29(27)22-11-5-2-6-12-22/h5*1-18H. The SMILES string of the molecule is c1ccc(-c2cc3c4c(cccc4c2)N(c2ccccc2)c2ncccc2-3)cc1.c1ccc(-c2cc3c4c(cccc4n2)N(c2ccccc2)c2ccccc2-3)cc1.c1ccc(-c2cc3c4c(ccnc4c2)N(c2ccccc2)c2ccccc2-3)cc1.c1ccc(-c2cc3c4c(cncc4c2)N(c2ccccc2)c2ccccc2-3)cc1.c1ccc(-c2cc3c4c(nccc4c2)N(c2ccccc2)c2ccccc2-3)cc1. The summed E-state index contributed by atoms with van der Waals surface area (Å²) in [6.07, 6.45) is 9.67. The van der Waals surface area contributed by atoms with Gasteiger partial charge in [-0.1, -0.05) is 334 Å². The number of anilines is 15. The Morgan fingerprint density at radius 2 is 0.469 bits per heavy atom. The van der Waals surface area contributed by atoms with Crippen LogP contribution in [0, 0.1) is 0 Å². The lowest BCUT2D eigenvalue weighted by Crippen LogP contribution is -2.16. The van der Waals surface area contributed by atoms with Crippen LogP contribution in [0.1, 0.15) is 0 Å². The molecule has 10 nitrogen and oxygen atoms in total. The van der Waals surface area contributed by atoms with Crippen LogP contribution in [0.3, 0.4) is 0 Å². The fourth-order valence-electron chi connectivity index (χ4n) is 21.7. The fourth-order valence-corrected chi connectivity index (χ4v) is 21.7. The second kappa shape index (κ2) is 37.3. The van der Waals surface area contributed by atoms with Crippen LogP contribution in [0.15, 0.2) is 547 Å². The van der Waals surface area contributed by atoms with E-state index in [-0.39, 0.29) is 0 Å². The van der Waals surface area contributed by atoms with E-state index in [1.165, 1.54) is 166 Å². The van der Waals surface area contributed by atoms with E-state index < -0.39 is 0 Å². The van der Waals surface area contributed by atoms with Crippen molar-refractivity contribution in [1.82, 2.24) is 24.9 Å². The Morgan fingerprint density at radius 1 is 0.152 bits per heavy atom. The first-order chi connectivity index (χ1) is 72.0. The van der Waals surface area contributed by atoms with Crippen molar-refractivity contribution in [2.24, 2.45) is 0 Å². The highest BCUT2D eigenvalue weighted by molar-refractivity contribution is 6.20. The lowest BCUT2D eigenvalue weighted by molar-refractivity contribution is 1.18. The minimum atomic E-state index is 0.976. The predicted molar refractivity (Wildman–Crippen MR) is 604 cm³/mol. The van der Waals surface area contributed by atoms with E-state index in [0.717, 1.165) is 84.7 Å². The number of aromatic nitrogens is 5. The van der Waals surface area contributed by atoms with Crippen molar-refractivity contribution in [3.63, 3.8) is 0 Å². The molecule has 0 aliphatic carbocycles. The van der Waals surface area contributed by atoms with Crippen molar-refractivity contribution < 1.29 is 0 Å². The van der Waals surface area contributed by atoms with E-state index in [0.29, 0.717) is 0 Å². The van der Waals surface area contributed by atoms with Gasteiger partial charge in [0.1, 0.15) is 11.6 Å². The summed E-state index contributed by atoms with van der Waals surface area (Å²) in [5, 5.41) is 9.75. The van der Waals surface area contributed by atoms with Crippen molar-refractivity contribution in [2.45, 2.75) is 0 Å². The summed E-state index contributed by atoms with van der Waals surface area (Å²) in [4.78, 5) is 35.5. The third kappa shape index (κ3) is 15.6. The average Bonchev–Trinajstić information content (AvgIpc) is 0.741. The minimum absolute atomic E-state index is 0.976. The van der Waals surface area contributed by atoms with Crippen molar-refractivity contribution in [1.29, 1.82) is 0 Å². The van der Waals surface area contributed by atoms with Crippen LogP contribution in [-0.4, -0.2) is 24.9 Å². The average molecular weight is 1850 g/mol.